The fraction of sp³-hybridized carbons (Fsp3) is 0.571. The molecule has 0 aliphatic heterocycles. The summed E-state index contributed by atoms with van der Waals surface area (Å²) in [7, 11) is 0. The summed E-state index contributed by atoms with van der Waals surface area (Å²) < 4.78 is 0. The molecule has 0 aliphatic rings. The van der Waals surface area contributed by atoms with Crippen LogP contribution >= 0.6 is 11.3 Å². The van der Waals surface area contributed by atoms with Crippen LogP contribution in [0.4, 0.5) is 0 Å². The topological polar surface area (TPSA) is 38.9 Å². The third-order valence-corrected chi connectivity index (χ3v) is 2.67. The van der Waals surface area contributed by atoms with E-state index in [1.807, 2.05) is 13.1 Å². The zero-order valence-corrected chi connectivity index (χ0v) is 7.11. The van der Waals surface area contributed by atoms with Crippen LogP contribution in [0.25, 0.3) is 0 Å². The lowest BCUT2D eigenvalue weighted by atomic mass is 10.3. The Bertz CT molecular complexity index is 205. The van der Waals surface area contributed by atoms with Crippen molar-refractivity contribution in [1.82, 2.24) is 4.98 Å². The van der Waals surface area contributed by atoms with Crippen molar-refractivity contribution in [1.29, 1.82) is 0 Å². The number of aromatic nitrogens is 1. The second-order valence-electron chi connectivity index (χ2n) is 2.30. The van der Waals surface area contributed by atoms with Crippen molar-refractivity contribution in [3.8, 4) is 0 Å². The molecule has 2 nitrogen and oxygen atoms in total. The molecule has 0 bridgehead atoms. The first-order valence-corrected chi connectivity index (χ1v) is 4.26. The molecule has 1 atom stereocenters. The van der Waals surface area contributed by atoms with Gasteiger partial charge in [0, 0.05) is 17.1 Å². The van der Waals surface area contributed by atoms with Gasteiger partial charge in [-0.25, -0.2) is 4.98 Å². The van der Waals surface area contributed by atoms with E-state index in [4.69, 9.17) is 5.73 Å². The second-order valence-corrected chi connectivity index (χ2v) is 3.45. The number of aryl methyl sites for hydroxylation is 1. The fourth-order valence-electron chi connectivity index (χ4n) is 0.698. The van der Waals surface area contributed by atoms with Gasteiger partial charge in [-0.1, -0.05) is 6.92 Å². The van der Waals surface area contributed by atoms with Crippen molar-refractivity contribution >= 4 is 11.3 Å². The fourth-order valence-corrected chi connectivity index (χ4v) is 1.51. The molecule has 3 heteroatoms. The normalized spacial score (nSPS) is 13.5. The maximum atomic E-state index is 5.65. The monoisotopic (exact) mass is 156 g/mol. The zero-order valence-electron chi connectivity index (χ0n) is 6.29. The van der Waals surface area contributed by atoms with Gasteiger partial charge in [-0.05, 0) is 13.3 Å². The minimum atomic E-state index is 0.137. The van der Waals surface area contributed by atoms with E-state index in [1.165, 1.54) is 9.88 Å². The molecular weight excluding hydrogens is 144 g/mol. The van der Waals surface area contributed by atoms with Crippen molar-refractivity contribution < 1.29 is 0 Å². The van der Waals surface area contributed by atoms with E-state index in [-0.39, 0.29) is 6.04 Å². The molecule has 1 rings (SSSR count). The van der Waals surface area contributed by atoms with Gasteiger partial charge in [-0.2, -0.15) is 0 Å². The average molecular weight is 156 g/mol. The molecule has 0 aliphatic carbocycles. The molecule has 0 saturated heterocycles. The van der Waals surface area contributed by atoms with Crippen molar-refractivity contribution in [2.75, 3.05) is 0 Å². The minimum Gasteiger partial charge on any atom is -0.323 e. The Balaban J connectivity index is 2.78. The first-order chi connectivity index (χ1) is 4.74. The highest BCUT2D eigenvalue weighted by Crippen LogP contribution is 2.18. The summed E-state index contributed by atoms with van der Waals surface area (Å²) >= 11 is 1.70. The molecule has 1 heterocycles. The van der Waals surface area contributed by atoms with Gasteiger partial charge in [-0.3, -0.25) is 0 Å². The highest BCUT2D eigenvalue weighted by molar-refractivity contribution is 7.11. The number of thiazole rings is 1. The highest BCUT2D eigenvalue weighted by Gasteiger charge is 2.02. The molecule has 0 saturated carbocycles. The van der Waals surface area contributed by atoms with Gasteiger partial charge in [0.25, 0.3) is 0 Å². The van der Waals surface area contributed by atoms with Gasteiger partial charge < -0.3 is 5.73 Å². The predicted octanol–water partition coefficient (Wildman–Crippen LogP) is 1.73. The number of nitrogens with zero attached hydrogens (tertiary/aromatic N) is 1. The molecule has 0 spiro atoms. The average Bonchev–Trinajstić information content (AvgIpc) is 2.34. The summed E-state index contributed by atoms with van der Waals surface area (Å²) in [6.45, 7) is 4.08. The standard InChI is InChI=1S/C7H12N2S/c1-3-7-9-4-6(10-7)5(2)8/h4-5H,3,8H2,1-2H3. The summed E-state index contributed by atoms with van der Waals surface area (Å²) in [5, 5.41) is 1.17. The Kier molecular flexibility index (Phi) is 2.40. The van der Waals surface area contributed by atoms with Crippen LogP contribution in [0.5, 0.6) is 0 Å². The van der Waals surface area contributed by atoms with Crippen molar-refractivity contribution in [2.24, 2.45) is 5.73 Å². The molecule has 2 N–H and O–H groups in total. The third-order valence-electron chi connectivity index (χ3n) is 1.32. The summed E-state index contributed by atoms with van der Waals surface area (Å²) in [6, 6.07) is 0.137. The lowest BCUT2D eigenvalue weighted by Crippen LogP contribution is -2.01. The van der Waals surface area contributed by atoms with E-state index in [1.54, 1.807) is 11.3 Å². The quantitative estimate of drug-likeness (QED) is 0.708. The molecule has 0 fully saturated rings. The zero-order chi connectivity index (χ0) is 7.56. The van der Waals surface area contributed by atoms with Crippen LogP contribution in [-0.4, -0.2) is 4.98 Å². The summed E-state index contributed by atoms with van der Waals surface area (Å²) in [4.78, 5) is 5.37. The van der Waals surface area contributed by atoms with Gasteiger partial charge in [0.1, 0.15) is 0 Å². The molecule has 0 aromatic carbocycles. The van der Waals surface area contributed by atoms with Crippen LogP contribution in [0.3, 0.4) is 0 Å². The van der Waals surface area contributed by atoms with Crippen LogP contribution < -0.4 is 5.73 Å². The van der Waals surface area contributed by atoms with E-state index in [2.05, 4.69) is 11.9 Å². The lowest BCUT2D eigenvalue weighted by Gasteiger charge is -1.96. The van der Waals surface area contributed by atoms with Gasteiger partial charge in [-0.15, -0.1) is 11.3 Å². The van der Waals surface area contributed by atoms with Gasteiger partial charge >= 0.3 is 0 Å². The van der Waals surface area contributed by atoms with Crippen LogP contribution in [0, 0.1) is 0 Å². The maximum absolute atomic E-state index is 5.65. The molecular formula is C7H12N2S. The van der Waals surface area contributed by atoms with E-state index in [0.717, 1.165) is 6.42 Å². The van der Waals surface area contributed by atoms with Gasteiger partial charge in [0.15, 0.2) is 0 Å². The van der Waals surface area contributed by atoms with Crippen LogP contribution in [0.2, 0.25) is 0 Å². The van der Waals surface area contributed by atoms with E-state index in [0.29, 0.717) is 0 Å². The molecule has 10 heavy (non-hydrogen) atoms. The van der Waals surface area contributed by atoms with Crippen LogP contribution in [0.15, 0.2) is 6.20 Å². The number of rotatable bonds is 2. The Morgan fingerprint density at radius 3 is 2.80 bits per heavy atom. The smallest absolute Gasteiger partial charge is 0.0925 e. The molecule has 1 aromatic heterocycles. The molecule has 0 radical (unpaired) electrons. The van der Waals surface area contributed by atoms with Gasteiger partial charge in [0.2, 0.25) is 0 Å². The SMILES string of the molecule is CCc1ncc(C(C)N)s1. The third kappa shape index (κ3) is 1.55. The lowest BCUT2D eigenvalue weighted by molar-refractivity contribution is 0.835. The first kappa shape index (κ1) is 7.69. The Hall–Kier alpha value is -0.410. The second kappa shape index (κ2) is 3.12. The summed E-state index contributed by atoms with van der Waals surface area (Å²) in [5.74, 6) is 0. The first-order valence-electron chi connectivity index (χ1n) is 3.44. The number of nitrogens with two attached hydrogens (primary N) is 1. The minimum absolute atomic E-state index is 0.137. The molecule has 1 unspecified atom stereocenters. The maximum Gasteiger partial charge on any atom is 0.0925 e. The Morgan fingerprint density at radius 2 is 2.50 bits per heavy atom. The van der Waals surface area contributed by atoms with E-state index in [9.17, 15) is 0 Å². The van der Waals surface area contributed by atoms with Crippen LogP contribution in [-0.2, 0) is 6.42 Å². The molecule has 56 valence electrons. The highest BCUT2D eigenvalue weighted by atomic mass is 32.1. The van der Waals surface area contributed by atoms with E-state index >= 15 is 0 Å². The van der Waals surface area contributed by atoms with Gasteiger partial charge in [0.05, 0.1) is 5.01 Å². The number of hydrogen-bond acceptors (Lipinski definition) is 3. The summed E-state index contributed by atoms with van der Waals surface area (Å²) in [6.07, 6.45) is 2.88. The van der Waals surface area contributed by atoms with Crippen LogP contribution in [0.1, 0.15) is 29.8 Å². The number of hydrogen-bond donors (Lipinski definition) is 1. The van der Waals surface area contributed by atoms with E-state index < -0.39 is 0 Å². The predicted molar refractivity (Wildman–Crippen MR) is 44.1 cm³/mol. The van der Waals surface area contributed by atoms with Crippen molar-refractivity contribution in [3.63, 3.8) is 0 Å². The Morgan fingerprint density at radius 1 is 1.80 bits per heavy atom. The Labute approximate surface area is 65.1 Å². The molecule has 0 amide bonds. The summed E-state index contributed by atoms with van der Waals surface area (Å²) in [5.41, 5.74) is 5.65. The largest absolute Gasteiger partial charge is 0.323 e. The van der Waals surface area contributed by atoms with Crippen molar-refractivity contribution in [3.05, 3.63) is 16.1 Å². The van der Waals surface area contributed by atoms with Crippen molar-refractivity contribution in [2.45, 2.75) is 26.3 Å². The molecule has 1 aromatic rings.